The Morgan fingerprint density at radius 1 is 1.22 bits per heavy atom. The third-order valence-corrected chi connectivity index (χ3v) is 4.45. The van der Waals surface area contributed by atoms with E-state index in [1.807, 2.05) is 12.2 Å². The largest absolute Gasteiger partial charge is 0.503 e. The maximum Gasteiger partial charge on any atom is 0.257 e. The second-order valence-corrected chi connectivity index (χ2v) is 6.92. The molecule has 0 bridgehead atoms. The van der Waals surface area contributed by atoms with Crippen molar-refractivity contribution >= 4 is 12.2 Å². The highest BCUT2D eigenvalue weighted by Crippen LogP contribution is 2.15. The highest BCUT2D eigenvalue weighted by molar-refractivity contribution is 5.95. The van der Waals surface area contributed by atoms with Gasteiger partial charge in [-0.05, 0) is 20.4 Å². The molecule has 8 nitrogen and oxygen atoms in total. The van der Waals surface area contributed by atoms with E-state index in [1.54, 1.807) is 14.0 Å². The fraction of sp³-hybridized carbons (Fsp3) is 0.286. The summed E-state index contributed by atoms with van der Waals surface area (Å²) < 4.78 is 41.6. The van der Waals surface area contributed by atoms with Crippen molar-refractivity contribution in [2.24, 2.45) is 0 Å². The van der Waals surface area contributed by atoms with E-state index in [9.17, 15) is 32.7 Å². The van der Waals surface area contributed by atoms with Gasteiger partial charge in [0.1, 0.15) is 28.7 Å². The lowest BCUT2D eigenvalue weighted by atomic mass is 10.1. The summed E-state index contributed by atoms with van der Waals surface area (Å²) in [6, 6.07) is 0.652. The van der Waals surface area contributed by atoms with Crippen molar-refractivity contribution in [3.63, 3.8) is 0 Å². The Hall–Kier alpha value is -3.60. The van der Waals surface area contributed by atoms with E-state index in [2.05, 4.69) is 16.1 Å². The number of rotatable bonds is 10. The fourth-order valence-corrected chi connectivity index (χ4v) is 2.79. The Morgan fingerprint density at radius 3 is 2.47 bits per heavy atom. The monoisotopic (exact) mass is 452 g/mol. The lowest BCUT2D eigenvalue weighted by molar-refractivity contribution is 0.0946. The Balaban J connectivity index is 2.26. The van der Waals surface area contributed by atoms with Crippen LogP contribution in [0.4, 0.5) is 13.2 Å². The summed E-state index contributed by atoms with van der Waals surface area (Å²) in [4.78, 5) is 36.2. The number of hydrogen-bond acceptors (Lipinski definition) is 6. The van der Waals surface area contributed by atoms with Crippen LogP contribution in [0.15, 0.2) is 35.3 Å². The Labute approximate surface area is 181 Å². The number of nitrogens with one attached hydrogen (secondary N) is 3. The van der Waals surface area contributed by atoms with Crippen molar-refractivity contribution in [2.75, 3.05) is 19.0 Å². The molecule has 172 valence electrons. The number of aromatic nitrogens is 1. The van der Waals surface area contributed by atoms with Crippen LogP contribution in [-0.2, 0) is 6.54 Å². The quantitative estimate of drug-likeness (QED) is 0.323. The molecule has 1 aromatic carbocycles. The lowest BCUT2D eigenvalue weighted by Gasteiger charge is -2.19. The molecule has 1 heterocycles. The average Bonchev–Trinajstić information content (AvgIpc) is 2.73. The van der Waals surface area contributed by atoms with E-state index in [-0.39, 0.29) is 12.3 Å². The molecule has 1 aromatic heterocycles. The van der Waals surface area contributed by atoms with Crippen LogP contribution in [0, 0.1) is 17.5 Å². The summed E-state index contributed by atoms with van der Waals surface area (Å²) in [6.45, 7) is 1.75. The molecule has 0 aliphatic heterocycles. The molecular formula is C21H23F3N4O4. The third kappa shape index (κ3) is 5.97. The zero-order chi connectivity index (χ0) is 23.8. The van der Waals surface area contributed by atoms with E-state index < -0.39 is 57.9 Å². The normalized spacial score (nSPS) is 12.0. The molecule has 0 fully saturated rings. The van der Waals surface area contributed by atoms with Gasteiger partial charge in [0.15, 0.2) is 12.0 Å². The molecule has 0 aliphatic rings. The summed E-state index contributed by atoms with van der Waals surface area (Å²) in [5.41, 5.74) is 0.172. The molecule has 0 saturated carbocycles. The summed E-state index contributed by atoms with van der Waals surface area (Å²) in [5, 5.41) is 15.2. The van der Waals surface area contributed by atoms with Gasteiger partial charge in [-0.1, -0.05) is 12.2 Å². The molecule has 0 spiro atoms. The molecule has 0 saturated heterocycles. The third-order valence-electron chi connectivity index (χ3n) is 4.45. The molecule has 2 aromatic rings. The minimum absolute atomic E-state index is 0.248. The molecule has 0 radical (unpaired) electrons. The molecule has 1 unspecified atom stereocenters. The maximum atomic E-state index is 13.8. The van der Waals surface area contributed by atoms with E-state index in [1.165, 1.54) is 0 Å². The Kier molecular flexibility index (Phi) is 8.59. The highest BCUT2D eigenvalue weighted by atomic mass is 19.1. The number of pyridine rings is 1. The van der Waals surface area contributed by atoms with E-state index in [0.29, 0.717) is 25.1 Å². The average molecular weight is 452 g/mol. The van der Waals surface area contributed by atoms with Crippen LogP contribution in [0.2, 0.25) is 0 Å². The first-order valence-corrected chi connectivity index (χ1v) is 9.61. The Morgan fingerprint density at radius 2 is 1.88 bits per heavy atom. The first kappa shape index (κ1) is 24.7. The van der Waals surface area contributed by atoms with Crippen LogP contribution < -0.4 is 21.5 Å². The molecule has 11 heteroatoms. The molecule has 2 rings (SSSR count). The smallest absolute Gasteiger partial charge is 0.257 e. The van der Waals surface area contributed by atoms with E-state index >= 15 is 0 Å². The number of carbonyl (C=O) groups is 2. The van der Waals surface area contributed by atoms with Gasteiger partial charge in [-0.25, -0.2) is 13.2 Å². The topological polar surface area (TPSA) is 112 Å². The first-order valence-electron chi connectivity index (χ1n) is 9.61. The predicted molar refractivity (Wildman–Crippen MR) is 112 cm³/mol. The number of aldehydes is 1. The number of likely N-dealkylation sites (N-methyl/N-ethyl adjacent to an activating group) is 1. The molecule has 4 N–H and O–H groups in total. The van der Waals surface area contributed by atoms with Gasteiger partial charge in [-0.2, -0.15) is 0 Å². The molecule has 0 aliphatic carbocycles. The number of aromatic hydroxyl groups is 1. The Bertz CT molecular complexity index is 1060. The van der Waals surface area contributed by atoms with Crippen LogP contribution in [0.25, 0.3) is 0 Å². The van der Waals surface area contributed by atoms with Gasteiger partial charge in [0.2, 0.25) is 5.43 Å². The second kappa shape index (κ2) is 11.1. The SMILES string of the molecule is CNC/C=C\CC(C)Nn1cc(C(=O)NCc2c(F)cc(F)cc2F)c(=O)c(O)c1C=O. The standard InChI is InChI=1S/C21H23F3N4O4/c1-12(5-3-4-6-25-2)27-28-10-15(19(30)20(31)18(28)11-29)21(32)26-9-14-16(23)7-13(22)8-17(14)24/h3-4,7-8,10-12,25,27,31H,5-6,9H2,1-2H3,(H,26,32)/b4-3-. The number of carbonyl (C=O) groups excluding carboxylic acids is 2. The number of halogens is 3. The van der Waals surface area contributed by atoms with Crippen LogP contribution >= 0.6 is 0 Å². The van der Waals surface area contributed by atoms with Crippen molar-refractivity contribution in [1.29, 1.82) is 0 Å². The number of benzene rings is 1. The van der Waals surface area contributed by atoms with E-state index in [4.69, 9.17) is 0 Å². The van der Waals surface area contributed by atoms with Crippen molar-refractivity contribution < 1.29 is 27.9 Å². The van der Waals surface area contributed by atoms with Crippen LogP contribution in [0.5, 0.6) is 5.75 Å². The maximum absolute atomic E-state index is 13.8. The minimum atomic E-state index is -1.21. The van der Waals surface area contributed by atoms with Crippen LogP contribution in [-0.4, -0.2) is 41.6 Å². The van der Waals surface area contributed by atoms with Gasteiger partial charge in [0, 0.05) is 43.0 Å². The van der Waals surface area contributed by atoms with Gasteiger partial charge in [-0.15, -0.1) is 0 Å². The van der Waals surface area contributed by atoms with Gasteiger partial charge >= 0.3 is 0 Å². The van der Waals surface area contributed by atoms with Gasteiger partial charge in [0.25, 0.3) is 5.91 Å². The van der Waals surface area contributed by atoms with Gasteiger partial charge in [-0.3, -0.25) is 19.1 Å². The lowest BCUT2D eigenvalue weighted by Crippen LogP contribution is -2.34. The summed E-state index contributed by atoms with van der Waals surface area (Å²) in [5.74, 6) is -5.55. The summed E-state index contributed by atoms with van der Waals surface area (Å²) >= 11 is 0. The molecular weight excluding hydrogens is 429 g/mol. The second-order valence-electron chi connectivity index (χ2n) is 6.92. The summed E-state index contributed by atoms with van der Waals surface area (Å²) in [7, 11) is 1.79. The van der Waals surface area contributed by atoms with Gasteiger partial charge < -0.3 is 21.2 Å². The van der Waals surface area contributed by atoms with Gasteiger partial charge in [0.05, 0.1) is 0 Å². The van der Waals surface area contributed by atoms with Crippen molar-refractivity contribution in [3.05, 3.63) is 75.0 Å². The van der Waals surface area contributed by atoms with Crippen molar-refractivity contribution in [3.8, 4) is 5.75 Å². The number of amides is 1. The number of hydrogen-bond donors (Lipinski definition) is 4. The predicted octanol–water partition coefficient (Wildman–Crippen LogP) is 1.81. The van der Waals surface area contributed by atoms with Crippen LogP contribution in [0.3, 0.4) is 0 Å². The molecule has 1 amide bonds. The molecule has 32 heavy (non-hydrogen) atoms. The highest BCUT2D eigenvalue weighted by Gasteiger charge is 2.21. The van der Waals surface area contributed by atoms with Crippen LogP contribution in [0.1, 0.15) is 39.8 Å². The molecule has 1 atom stereocenters. The fourth-order valence-electron chi connectivity index (χ4n) is 2.79. The minimum Gasteiger partial charge on any atom is -0.503 e. The van der Waals surface area contributed by atoms with Crippen molar-refractivity contribution in [2.45, 2.75) is 25.9 Å². The van der Waals surface area contributed by atoms with E-state index in [0.717, 1.165) is 10.9 Å². The summed E-state index contributed by atoms with van der Waals surface area (Å²) in [6.07, 6.45) is 5.53. The number of nitrogens with zero attached hydrogens (tertiary/aromatic N) is 1. The zero-order valence-electron chi connectivity index (χ0n) is 17.4. The first-order chi connectivity index (χ1) is 15.2. The van der Waals surface area contributed by atoms with Crippen molar-refractivity contribution in [1.82, 2.24) is 15.3 Å². The zero-order valence-corrected chi connectivity index (χ0v) is 17.4.